The van der Waals surface area contributed by atoms with Gasteiger partial charge in [0.1, 0.15) is 6.10 Å². The fourth-order valence-corrected chi connectivity index (χ4v) is 3.19. The third kappa shape index (κ3) is 3.47. The van der Waals surface area contributed by atoms with E-state index in [2.05, 4.69) is 0 Å². The zero-order chi connectivity index (χ0) is 13.8. The number of carboxylic acids is 1. The Morgan fingerprint density at radius 3 is 2.11 bits per heavy atom. The van der Waals surface area contributed by atoms with E-state index in [-0.39, 0.29) is 17.7 Å². The quantitative estimate of drug-likeness (QED) is 0.808. The number of carboxylic acid groups (broad SMARTS) is 1. The minimum absolute atomic E-state index is 0.0958. The molecule has 0 spiro atoms. The van der Waals surface area contributed by atoms with Crippen molar-refractivity contribution < 1.29 is 19.8 Å². The van der Waals surface area contributed by atoms with Gasteiger partial charge in [-0.15, -0.1) is 0 Å². The summed E-state index contributed by atoms with van der Waals surface area (Å²) in [5.74, 6) is -1.22. The molecular weight excluding hydrogens is 246 g/mol. The van der Waals surface area contributed by atoms with Crippen molar-refractivity contribution in [2.24, 2.45) is 11.8 Å². The summed E-state index contributed by atoms with van der Waals surface area (Å²) >= 11 is 0. The van der Waals surface area contributed by atoms with Crippen LogP contribution < -0.4 is 0 Å². The number of aliphatic hydroxyl groups excluding tert-OH is 1. The highest BCUT2D eigenvalue weighted by atomic mass is 16.4. The molecule has 2 N–H and O–H groups in total. The Bertz CT molecular complexity index is 330. The van der Waals surface area contributed by atoms with Crippen molar-refractivity contribution in [3.63, 3.8) is 0 Å². The Balaban J connectivity index is 1.84. The number of hydrogen-bond donors (Lipinski definition) is 2. The van der Waals surface area contributed by atoms with E-state index in [1.54, 1.807) is 4.90 Å². The Labute approximate surface area is 113 Å². The van der Waals surface area contributed by atoms with Gasteiger partial charge in [-0.05, 0) is 31.6 Å². The van der Waals surface area contributed by atoms with Crippen LogP contribution in [0.15, 0.2) is 0 Å². The van der Waals surface area contributed by atoms with E-state index in [9.17, 15) is 14.7 Å². The third-order valence-corrected chi connectivity index (χ3v) is 4.51. The SMILES string of the molecule is O=C(O)C1CCN(C(=O)C(O)C2CCCCC2)CC1. The topological polar surface area (TPSA) is 77.8 Å². The Morgan fingerprint density at radius 2 is 1.58 bits per heavy atom. The maximum absolute atomic E-state index is 12.2. The molecule has 5 heteroatoms. The van der Waals surface area contributed by atoms with Gasteiger partial charge in [0.25, 0.3) is 5.91 Å². The van der Waals surface area contributed by atoms with Crippen LogP contribution in [-0.2, 0) is 9.59 Å². The van der Waals surface area contributed by atoms with Gasteiger partial charge in [0.05, 0.1) is 5.92 Å². The average molecular weight is 269 g/mol. The third-order valence-electron chi connectivity index (χ3n) is 4.51. The first-order valence-electron chi connectivity index (χ1n) is 7.29. The monoisotopic (exact) mass is 269 g/mol. The lowest BCUT2D eigenvalue weighted by atomic mass is 9.84. The molecule has 2 rings (SSSR count). The molecule has 5 nitrogen and oxygen atoms in total. The summed E-state index contributed by atoms with van der Waals surface area (Å²) < 4.78 is 0. The van der Waals surface area contributed by atoms with Crippen molar-refractivity contribution in [2.45, 2.75) is 51.0 Å². The molecule has 1 atom stereocenters. The van der Waals surface area contributed by atoms with Gasteiger partial charge in [0.2, 0.25) is 0 Å². The van der Waals surface area contributed by atoms with E-state index in [0.717, 1.165) is 25.7 Å². The second kappa shape index (κ2) is 6.37. The molecule has 0 aromatic rings. The van der Waals surface area contributed by atoms with Crippen molar-refractivity contribution in [3.05, 3.63) is 0 Å². The summed E-state index contributed by atoms with van der Waals surface area (Å²) in [5.41, 5.74) is 0. The summed E-state index contributed by atoms with van der Waals surface area (Å²) in [6, 6.07) is 0. The molecule has 1 unspecified atom stereocenters. The van der Waals surface area contributed by atoms with Gasteiger partial charge >= 0.3 is 5.97 Å². The molecule has 108 valence electrons. The van der Waals surface area contributed by atoms with Gasteiger partial charge in [0.15, 0.2) is 0 Å². The predicted molar refractivity (Wildman–Crippen MR) is 69.5 cm³/mol. The summed E-state index contributed by atoms with van der Waals surface area (Å²) in [6.45, 7) is 0.916. The van der Waals surface area contributed by atoms with Crippen LogP contribution in [0.2, 0.25) is 0 Å². The number of carbonyl (C=O) groups excluding carboxylic acids is 1. The molecule has 0 aromatic heterocycles. The van der Waals surface area contributed by atoms with E-state index in [1.165, 1.54) is 6.42 Å². The maximum Gasteiger partial charge on any atom is 0.306 e. The highest BCUT2D eigenvalue weighted by molar-refractivity contribution is 5.81. The smallest absolute Gasteiger partial charge is 0.306 e. The van der Waals surface area contributed by atoms with E-state index in [1.807, 2.05) is 0 Å². The molecule has 1 aliphatic heterocycles. The van der Waals surface area contributed by atoms with Gasteiger partial charge in [-0.1, -0.05) is 19.3 Å². The molecule has 19 heavy (non-hydrogen) atoms. The fourth-order valence-electron chi connectivity index (χ4n) is 3.19. The number of nitrogens with zero attached hydrogens (tertiary/aromatic N) is 1. The van der Waals surface area contributed by atoms with E-state index in [0.29, 0.717) is 25.9 Å². The van der Waals surface area contributed by atoms with Crippen molar-refractivity contribution in [1.29, 1.82) is 0 Å². The zero-order valence-electron chi connectivity index (χ0n) is 11.3. The summed E-state index contributed by atoms with van der Waals surface area (Å²) in [4.78, 5) is 24.7. The largest absolute Gasteiger partial charge is 0.481 e. The van der Waals surface area contributed by atoms with Crippen LogP contribution >= 0.6 is 0 Å². The minimum Gasteiger partial charge on any atom is -0.481 e. The van der Waals surface area contributed by atoms with Gasteiger partial charge in [-0.25, -0.2) is 0 Å². The molecule has 2 fully saturated rings. The van der Waals surface area contributed by atoms with Crippen LogP contribution in [-0.4, -0.2) is 46.2 Å². The first-order chi connectivity index (χ1) is 9.09. The highest BCUT2D eigenvalue weighted by Gasteiger charge is 2.33. The number of likely N-dealkylation sites (tertiary alicyclic amines) is 1. The minimum atomic E-state index is -0.887. The average Bonchev–Trinajstić information content (AvgIpc) is 2.46. The van der Waals surface area contributed by atoms with Crippen LogP contribution in [0.3, 0.4) is 0 Å². The molecule has 2 aliphatic rings. The van der Waals surface area contributed by atoms with Crippen molar-refractivity contribution in [2.75, 3.05) is 13.1 Å². The molecule has 0 radical (unpaired) electrons. The summed E-state index contributed by atoms with van der Waals surface area (Å²) in [6.07, 6.45) is 5.35. The van der Waals surface area contributed by atoms with Crippen molar-refractivity contribution in [1.82, 2.24) is 4.90 Å². The Morgan fingerprint density at radius 1 is 1.00 bits per heavy atom. The molecule has 1 amide bonds. The number of hydrogen-bond acceptors (Lipinski definition) is 3. The number of rotatable bonds is 3. The van der Waals surface area contributed by atoms with E-state index in [4.69, 9.17) is 5.11 Å². The summed E-state index contributed by atoms with van der Waals surface area (Å²) in [7, 11) is 0. The molecule has 1 saturated carbocycles. The lowest BCUT2D eigenvalue weighted by Gasteiger charge is -2.34. The zero-order valence-corrected chi connectivity index (χ0v) is 11.3. The summed E-state index contributed by atoms with van der Waals surface area (Å²) in [5, 5.41) is 19.1. The van der Waals surface area contributed by atoms with E-state index >= 15 is 0 Å². The first kappa shape index (κ1) is 14.3. The van der Waals surface area contributed by atoms with Crippen LogP contribution in [0.4, 0.5) is 0 Å². The molecule has 1 aliphatic carbocycles. The Kier molecular flexibility index (Phi) is 4.80. The normalized spacial score (nSPS) is 24.2. The first-order valence-corrected chi connectivity index (χ1v) is 7.29. The van der Waals surface area contributed by atoms with Gasteiger partial charge in [0, 0.05) is 13.1 Å². The lowest BCUT2D eigenvalue weighted by Crippen LogP contribution is -2.47. The van der Waals surface area contributed by atoms with Crippen LogP contribution in [0.25, 0.3) is 0 Å². The second-order valence-electron chi connectivity index (χ2n) is 5.78. The molecular formula is C14H23NO4. The van der Waals surface area contributed by atoms with Crippen LogP contribution in [0, 0.1) is 11.8 Å². The van der Waals surface area contributed by atoms with Crippen LogP contribution in [0.1, 0.15) is 44.9 Å². The molecule has 0 bridgehead atoms. The Hall–Kier alpha value is -1.10. The predicted octanol–water partition coefficient (Wildman–Crippen LogP) is 1.25. The van der Waals surface area contributed by atoms with Gasteiger partial charge < -0.3 is 15.1 Å². The number of carbonyl (C=O) groups is 2. The standard InChI is InChI=1S/C14H23NO4/c16-12(10-4-2-1-3-5-10)13(17)15-8-6-11(7-9-15)14(18)19/h10-12,16H,1-9H2,(H,18,19). The number of amides is 1. The van der Waals surface area contributed by atoms with Crippen molar-refractivity contribution in [3.8, 4) is 0 Å². The van der Waals surface area contributed by atoms with Crippen LogP contribution in [0.5, 0.6) is 0 Å². The maximum atomic E-state index is 12.2. The van der Waals surface area contributed by atoms with Gasteiger partial charge in [-0.3, -0.25) is 9.59 Å². The fraction of sp³-hybridized carbons (Fsp3) is 0.857. The lowest BCUT2D eigenvalue weighted by molar-refractivity contribution is -0.150. The molecule has 1 heterocycles. The highest BCUT2D eigenvalue weighted by Crippen LogP contribution is 2.28. The molecule has 1 saturated heterocycles. The van der Waals surface area contributed by atoms with Gasteiger partial charge in [-0.2, -0.15) is 0 Å². The van der Waals surface area contributed by atoms with Crippen molar-refractivity contribution >= 4 is 11.9 Å². The van der Waals surface area contributed by atoms with E-state index < -0.39 is 12.1 Å². The molecule has 0 aromatic carbocycles. The number of piperidine rings is 1. The number of aliphatic hydroxyl groups is 1. The number of aliphatic carboxylic acids is 1. The second-order valence-corrected chi connectivity index (χ2v) is 5.78.